The van der Waals surface area contributed by atoms with Gasteiger partial charge in [-0.25, -0.2) is 4.79 Å². The third-order valence-electron chi connectivity index (χ3n) is 5.24. The number of carboxylic acids is 1. The summed E-state index contributed by atoms with van der Waals surface area (Å²) in [7, 11) is 0. The molecule has 2 aliphatic carbocycles. The van der Waals surface area contributed by atoms with E-state index in [1.165, 1.54) is 12.8 Å². The molecule has 0 aromatic carbocycles. The fourth-order valence-corrected chi connectivity index (χ4v) is 3.62. The van der Waals surface area contributed by atoms with Crippen molar-refractivity contribution in [2.24, 2.45) is 11.8 Å². The Morgan fingerprint density at radius 2 is 1.91 bits per heavy atom. The Kier molecular flexibility index (Phi) is 4.10. The third kappa shape index (κ3) is 3.10. The van der Waals surface area contributed by atoms with E-state index in [0.29, 0.717) is 25.3 Å². The molecule has 0 spiro atoms. The summed E-state index contributed by atoms with van der Waals surface area (Å²) in [6.07, 6.45) is 6.19. The Labute approximate surface area is 130 Å². The van der Waals surface area contributed by atoms with Crippen LogP contribution in [0.25, 0.3) is 0 Å². The zero-order chi connectivity index (χ0) is 15.7. The molecular weight excluding hydrogens is 284 g/mol. The Morgan fingerprint density at radius 1 is 1.23 bits per heavy atom. The standard InChI is InChI=1S/C16H24N2O4/c19-13-8-12(10-18(13)9-11-4-5-11)14(20)17-16(15(21)22)6-2-1-3-7-16/h11-12H,1-10H2,(H,17,20)(H,21,22)/t12-/m1/s1. The van der Waals surface area contributed by atoms with E-state index < -0.39 is 17.4 Å². The summed E-state index contributed by atoms with van der Waals surface area (Å²) in [6.45, 7) is 1.20. The van der Waals surface area contributed by atoms with Gasteiger partial charge in [0.2, 0.25) is 11.8 Å². The van der Waals surface area contributed by atoms with Gasteiger partial charge >= 0.3 is 5.97 Å². The number of hydrogen-bond acceptors (Lipinski definition) is 3. The van der Waals surface area contributed by atoms with Crippen molar-refractivity contribution in [2.45, 2.75) is 56.9 Å². The predicted molar refractivity (Wildman–Crippen MR) is 79.0 cm³/mol. The van der Waals surface area contributed by atoms with Crippen LogP contribution in [0.4, 0.5) is 0 Å². The van der Waals surface area contributed by atoms with Crippen LogP contribution < -0.4 is 5.32 Å². The van der Waals surface area contributed by atoms with Crippen molar-refractivity contribution in [1.29, 1.82) is 0 Å². The van der Waals surface area contributed by atoms with Crippen molar-refractivity contribution < 1.29 is 19.5 Å². The van der Waals surface area contributed by atoms with Gasteiger partial charge in [0.05, 0.1) is 5.92 Å². The van der Waals surface area contributed by atoms with Crippen LogP contribution in [0.5, 0.6) is 0 Å². The minimum atomic E-state index is -1.12. The Bertz CT molecular complexity index is 481. The highest BCUT2D eigenvalue weighted by atomic mass is 16.4. The van der Waals surface area contributed by atoms with E-state index in [1.54, 1.807) is 4.90 Å². The molecule has 2 N–H and O–H groups in total. The maximum Gasteiger partial charge on any atom is 0.329 e. The molecule has 0 unspecified atom stereocenters. The minimum Gasteiger partial charge on any atom is -0.480 e. The number of nitrogens with one attached hydrogen (secondary N) is 1. The first-order chi connectivity index (χ1) is 10.5. The third-order valence-corrected chi connectivity index (χ3v) is 5.24. The first kappa shape index (κ1) is 15.3. The number of carboxylic acid groups (broad SMARTS) is 1. The van der Waals surface area contributed by atoms with Gasteiger partial charge < -0.3 is 15.3 Å². The fraction of sp³-hybridized carbons (Fsp3) is 0.812. The molecule has 0 radical (unpaired) electrons. The van der Waals surface area contributed by atoms with Crippen LogP contribution in [0.2, 0.25) is 0 Å². The van der Waals surface area contributed by atoms with Gasteiger partial charge in [-0.2, -0.15) is 0 Å². The monoisotopic (exact) mass is 308 g/mol. The number of aliphatic carboxylic acids is 1. The molecule has 2 saturated carbocycles. The van der Waals surface area contributed by atoms with Gasteiger partial charge in [-0.1, -0.05) is 19.3 Å². The quantitative estimate of drug-likeness (QED) is 0.797. The van der Waals surface area contributed by atoms with Crippen molar-refractivity contribution in [3.8, 4) is 0 Å². The highest BCUT2D eigenvalue weighted by molar-refractivity contribution is 5.92. The average molecular weight is 308 g/mol. The molecule has 6 nitrogen and oxygen atoms in total. The van der Waals surface area contributed by atoms with E-state index in [9.17, 15) is 19.5 Å². The predicted octanol–water partition coefficient (Wildman–Crippen LogP) is 1.15. The fourth-order valence-electron chi connectivity index (χ4n) is 3.62. The SMILES string of the molecule is O=C(NC1(C(=O)O)CCCCC1)[C@@H]1CC(=O)N(CC2CC2)C1. The van der Waals surface area contributed by atoms with Crippen LogP contribution in [0.3, 0.4) is 0 Å². The second-order valence-corrected chi connectivity index (χ2v) is 7.08. The average Bonchev–Trinajstić information content (AvgIpc) is 3.23. The van der Waals surface area contributed by atoms with Crippen LogP contribution in [0, 0.1) is 11.8 Å². The molecular formula is C16H24N2O4. The lowest BCUT2D eigenvalue weighted by Crippen LogP contribution is -2.57. The summed E-state index contributed by atoms with van der Waals surface area (Å²) in [4.78, 5) is 37.8. The van der Waals surface area contributed by atoms with Gasteiger partial charge in [0.1, 0.15) is 5.54 Å². The van der Waals surface area contributed by atoms with Crippen LogP contribution in [0.15, 0.2) is 0 Å². The van der Waals surface area contributed by atoms with E-state index in [2.05, 4.69) is 5.32 Å². The lowest BCUT2D eigenvalue weighted by atomic mass is 9.81. The van der Waals surface area contributed by atoms with Crippen LogP contribution in [-0.2, 0) is 14.4 Å². The van der Waals surface area contributed by atoms with Crippen LogP contribution >= 0.6 is 0 Å². The zero-order valence-corrected chi connectivity index (χ0v) is 12.8. The van der Waals surface area contributed by atoms with Crippen molar-refractivity contribution >= 4 is 17.8 Å². The maximum absolute atomic E-state index is 12.5. The molecule has 0 bridgehead atoms. The van der Waals surface area contributed by atoms with E-state index in [1.807, 2.05) is 0 Å². The molecule has 3 fully saturated rings. The topological polar surface area (TPSA) is 86.7 Å². The number of carbonyl (C=O) groups is 3. The lowest BCUT2D eigenvalue weighted by molar-refractivity contribution is -0.150. The minimum absolute atomic E-state index is 0.0278. The highest BCUT2D eigenvalue weighted by Crippen LogP contribution is 2.33. The summed E-state index contributed by atoms with van der Waals surface area (Å²) in [6, 6.07) is 0. The van der Waals surface area contributed by atoms with E-state index >= 15 is 0 Å². The normalized spacial score (nSPS) is 27.7. The number of nitrogens with zero attached hydrogens (tertiary/aromatic N) is 1. The van der Waals surface area contributed by atoms with Gasteiger partial charge in [0.15, 0.2) is 0 Å². The van der Waals surface area contributed by atoms with Crippen molar-refractivity contribution in [2.75, 3.05) is 13.1 Å². The van der Waals surface area contributed by atoms with Gasteiger partial charge in [0, 0.05) is 19.5 Å². The maximum atomic E-state index is 12.5. The first-order valence-corrected chi connectivity index (χ1v) is 8.33. The van der Waals surface area contributed by atoms with Gasteiger partial charge in [-0.15, -0.1) is 0 Å². The molecule has 3 aliphatic rings. The van der Waals surface area contributed by atoms with Crippen molar-refractivity contribution in [3.05, 3.63) is 0 Å². The zero-order valence-electron chi connectivity index (χ0n) is 12.8. The van der Waals surface area contributed by atoms with Crippen molar-refractivity contribution in [3.63, 3.8) is 0 Å². The van der Waals surface area contributed by atoms with Gasteiger partial charge in [-0.05, 0) is 31.6 Å². The molecule has 1 heterocycles. The smallest absolute Gasteiger partial charge is 0.329 e. The molecule has 2 amide bonds. The molecule has 1 atom stereocenters. The van der Waals surface area contributed by atoms with Crippen LogP contribution in [-0.4, -0.2) is 46.4 Å². The van der Waals surface area contributed by atoms with E-state index in [0.717, 1.165) is 25.8 Å². The summed E-state index contributed by atoms with van der Waals surface area (Å²) in [5, 5.41) is 12.3. The largest absolute Gasteiger partial charge is 0.480 e. The Morgan fingerprint density at radius 3 is 2.50 bits per heavy atom. The number of hydrogen-bond donors (Lipinski definition) is 2. The molecule has 3 rings (SSSR count). The molecule has 0 aromatic heterocycles. The second-order valence-electron chi connectivity index (χ2n) is 7.08. The van der Waals surface area contributed by atoms with Gasteiger partial charge in [-0.3, -0.25) is 9.59 Å². The molecule has 1 saturated heterocycles. The highest BCUT2D eigenvalue weighted by Gasteiger charge is 2.44. The molecule has 122 valence electrons. The molecule has 0 aromatic rings. The van der Waals surface area contributed by atoms with E-state index in [4.69, 9.17) is 0 Å². The first-order valence-electron chi connectivity index (χ1n) is 8.33. The molecule has 1 aliphatic heterocycles. The Hall–Kier alpha value is -1.59. The summed E-state index contributed by atoms with van der Waals surface area (Å²) in [5.41, 5.74) is -1.12. The number of likely N-dealkylation sites (tertiary alicyclic amines) is 1. The summed E-state index contributed by atoms with van der Waals surface area (Å²) >= 11 is 0. The second kappa shape index (κ2) is 5.89. The lowest BCUT2D eigenvalue weighted by Gasteiger charge is -2.34. The van der Waals surface area contributed by atoms with Crippen LogP contribution in [0.1, 0.15) is 51.4 Å². The van der Waals surface area contributed by atoms with E-state index in [-0.39, 0.29) is 18.2 Å². The van der Waals surface area contributed by atoms with Crippen molar-refractivity contribution in [1.82, 2.24) is 10.2 Å². The van der Waals surface area contributed by atoms with Gasteiger partial charge in [0.25, 0.3) is 0 Å². The summed E-state index contributed by atoms with van der Waals surface area (Å²) in [5.74, 6) is -0.977. The summed E-state index contributed by atoms with van der Waals surface area (Å²) < 4.78 is 0. The molecule has 22 heavy (non-hydrogen) atoms. The number of carbonyl (C=O) groups excluding carboxylic acids is 2. The molecule has 6 heteroatoms. The number of rotatable bonds is 5. The Balaban J connectivity index is 1.61. The number of amides is 2.